The van der Waals surface area contributed by atoms with Gasteiger partial charge in [-0.2, -0.15) is 0 Å². The highest BCUT2D eigenvalue weighted by Crippen LogP contribution is 2.29. The van der Waals surface area contributed by atoms with Crippen LogP contribution in [0.5, 0.6) is 11.5 Å². The number of likely N-dealkylation sites (tertiary alicyclic amines) is 1. The van der Waals surface area contributed by atoms with Crippen molar-refractivity contribution in [2.45, 2.75) is 31.9 Å². The third kappa shape index (κ3) is 7.45. The Kier molecular flexibility index (Phi) is 8.99. The summed E-state index contributed by atoms with van der Waals surface area (Å²) >= 11 is 0. The van der Waals surface area contributed by atoms with Crippen molar-refractivity contribution in [1.29, 1.82) is 0 Å². The van der Waals surface area contributed by atoms with E-state index in [1.165, 1.54) is 5.56 Å². The SMILES string of the molecule is COc1ccc(NC(N)=NCCCOC2CCN(Cc3ccccc3)CC2)cc1OC. The summed E-state index contributed by atoms with van der Waals surface area (Å²) in [6.07, 6.45) is 3.36. The van der Waals surface area contributed by atoms with E-state index in [-0.39, 0.29) is 0 Å². The predicted octanol–water partition coefficient (Wildman–Crippen LogP) is 3.50. The first-order valence-electron chi connectivity index (χ1n) is 10.8. The number of hydrogen-bond donors (Lipinski definition) is 2. The van der Waals surface area contributed by atoms with Gasteiger partial charge in [0.2, 0.25) is 0 Å². The fourth-order valence-electron chi connectivity index (χ4n) is 3.69. The van der Waals surface area contributed by atoms with Crippen LogP contribution >= 0.6 is 0 Å². The van der Waals surface area contributed by atoms with Crippen molar-refractivity contribution in [3.8, 4) is 11.5 Å². The Labute approximate surface area is 185 Å². The quantitative estimate of drug-likeness (QED) is 0.344. The standard InChI is InChI=1S/C24H34N4O3/c1-29-22-10-9-20(17-23(22)30-2)27-24(25)26-13-6-16-31-21-11-14-28(15-12-21)18-19-7-4-3-5-8-19/h3-5,7-10,17,21H,6,11-16,18H2,1-2H3,(H3,25,26,27). The highest BCUT2D eigenvalue weighted by atomic mass is 16.5. The van der Waals surface area contributed by atoms with Crippen LogP contribution < -0.4 is 20.5 Å². The summed E-state index contributed by atoms with van der Waals surface area (Å²) in [6, 6.07) is 16.2. The molecule has 3 rings (SSSR count). The van der Waals surface area contributed by atoms with Crippen molar-refractivity contribution in [3.63, 3.8) is 0 Å². The molecule has 0 radical (unpaired) electrons. The molecule has 1 fully saturated rings. The van der Waals surface area contributed by atoms with Gasteiger partial charge in [-0.1, -0.05) is 30.3 Å². The summed E-state index contributed by atoms with van der Waals surface area (Å²) in [5.41, 5.74) is 8.17. The van der Waals surface area contributed by atoms with Gasteiger partial charge in [-0.15, -0.1) is 0 Å². The zero-order chi connectivity index (χ0) is 21.9. The van der Waals surface area contributed by atoms with Crippen molar-refractivity contribution in [1.82, 2.24) is 4.90 Å². The minimum atomic E-state index is 0.346. The minimum Gasteiger partial charge on any atom is -0.493 e. The van der Waals surface area contributed by atoms with Gasteiger partial charge in [-0.3, -0.25) is 9.89 Å². The molecule has 0 aliphatic carbocycles. The Balaban J connectivity index is 1.31. The van der Waals surface area contributed by atoms with E-state index in [0.717, 1.165) is 44.6 Å². The number of piperidine rings is 1. The third-order valence-electron chi connectivity index (χ3n) is 5.38. The molecule has 0 spiro atoms. The Morgan fingerprint density at radius 3 is 2.52 bits per heavy atom. The molecule has 7 nitrogen and oxygen atoms in total. The van der Waals surface area contributed by atoms with Crippen molar-refractivity contribution in [2.24, 2.45) is 10.7 Å². The molecule has 0 aromatic heterocycles. The Morgan fingerprint density at radius 2 is 1.81 bits per heavy atom. The molecule has 0 saturated carbocycles. The lowest BCUT2D eigenvalue weighted by molar-refractivity contribution is 0.00566. The van der Waals surface area contributed by atoms with E-state index in [4.69, 9.17) is 19.9 Å². The second-order valence-corrected chi connectivity index (χ2v) is 7.65. The number of anilines is 1. The maximum atomic E-state index is 6.05. The fraction of sp³-hybridized carbons (Fsp3) is 0.458. The number of aliphatic imine (C=N–C) groups is 1. The van der Waals surface area contributed by atoms with Crippen molar-refractivity contribution < 1.29 is 14.2 Å². The van der Waals surface area contributed by atoms with Gasteiger partial charge in [0.15, 0.2) is 17.5 Å². The lowest BCUT2D eigenvalue weighted by Gasteiger charge is -2.31. The van der Waals surface area contributed by atoms with Gasteiger partial charge in [-0.05, 0) is 37.0 Å². The Bertz CT molecular complexity index is 821. The second-order valence-electron chi connectivity index (χ2n) is 7.65. The van der Waals surface area contributed by atoms with Crippen molar-refractivity contribution in [2.75, 3.05) is 45.8 Å². The molecule has 0 unspecified atom stereocenters. The van der Waals surface area contributed by atoms with Gasteiger partial charge >= 0.3 is 0 Å². The van der Waals surface area contributed by atoms with E-state index < -0.39 is 0 Å². The van der Waals surface area contributed by atoms with Crippen LogP contribution in [0.4, 0.5) is 5.69 Å². The van der Waals surface area contributed by atoms with E-state index in [9.17, 15) is 0 Å². The Morgan fingerprint density at radius 1 is 1.06 bits per heavy atom. The molecule has 1 aliphatic heterocycles. The number of rotatable bonds is 10. The molecule has 0 bridgehead atoms. The molecule has 1 saturated heterocycles. The van der Waals surface area contributed by atoms with Gasteiger partial charge in [0.05, 0.1) is 20.3 Å². The molecular formula is C24H34N4O3. The van der Waals surface area contributed by atoms with Gasteiger partial charge < -0.3 is 25.3 Å². The van der Waals surface area contributed by atoms with E-state index in [1.54, 1.807) is 14.2 Å². The molecule has 2 aromatic rings. The molecule has 168 valence electrons. The largest absolute Gasteiger partial charge is 0.493 e. The van der Waals surface area contributed by atoms with E-state index in [1.807, 2.05) is 18.2 Å². The molecule has 7 heteroatoms. The number of nitrogens with one attached hydrogen (secondary N) is 1. The first-order chi connectivity index (χ1) is 15.2. The average molecular weight is 427 g/mol. The average Bonchev–Trinajstić information content (AvgIpc) is 2.80. The topological polar surface area (TPSA) is 81.3 Å². The van der Waals surface area contributed by atoms with Crippen LogP contribution in [0.3, 0.4) is 0 Å². The van der Waals surface area contributed by atoms with Gasteiger partial charge in [0.25, 0.3) is 0 Å². The summed E-state index contributed by atoms with van der Waals surface area (Å²) in [6.45, 7) is 4.52. The van der Waals surface area contributed by atoms with Crippen LogP contribution in [0.2, 0.25) is 0 Å². The maximum absolute atomic E-state index is 6.05. The monoisotopic (exact) mass is 426 g/mol. The van der Waals surface area contributed by atoms with Crippen LogP contribution in [-0.2, 0) is 11.3 Å². The molecule has 1 aliphatic rings. The second kappa shape index (κ2) is 12.2. The number of ether oxygens (including phenoxy) is 3. The van der Waals surface area contributed by atoms with Crippen molar-refractivity contribution >= 4 is 11.6 Å². The Hall–Kier alpha value is -2.77. The highest BCUT2D eigenvalue weighted by molar-refractivity contribution is 5.92. The molecule has 0 amide bonds. The smallest absolute Gasteiger partial charge is 0.193 e. The van der Waals surface area contributed by atoms with Crippen molar-refractivity contribution in [3.05, 3.63) is 54.1 Å². The number of nitrogens with two attached hydrogens (primary N) is 1. The predicted molar refractivity (Wildman–Crippen MR) is 125 cm³/mol. The number of nitrogens with zero attached hydrogens (tertiary/aromatic N) is 2. The van der Waals surface area contributed by atoms with E-state index >= 15 is 0 Å². The number of guanidine groups is 1. The van der Waals surface area contributed by atoms with E-state index in [0.29, 0.717) is 36.7 Å². The minimum absolute atomic E-state index is 0.346. The van der Waals surface area contributed by atoms with Crippen LogP contribution in [0.1, 0.15) is 24.8 Å². The number of benzene rings is 2. The summed E-state index contributed by atoms with van der Waals surface area (Å²) in [7, 11) is 3.21. The van der Waals surface area contributed by atoms with E-state index in [2.05, 4.69) is 45.5 Å². The summed E-state index contributed by atoms with van der Waals surface area (Å²) in [4.78, 5) is 6.88. The molecule has 0 atom stereocenters. The molecular weight excluding hydrogens is 392 g/mol. The zero-order valence-corrected chi connectivity index (χ0v) is 18.5. The van der Waals surface area contributed by atoms with Crippen LogP contribution in [0.25, 0.3) is 0 Å². The third-order valence-corrected chi connectivity index (χ3v) is 5.38. The van der Waals surface area contributed by atoms with Gasteiger partial charge in [-0.25, -0.2) is 0 Å². The zero-order valence-electron chi connectivity index (χ0n) is 18.5. The lowest BCUT2D eigenvalue weighted by Crippen LogP contribution is -2.36. The fourth-order valence-corrected chi connectivity index (χ4v) is 3.69. The molecule has 31 heavy (non-hydrogen) atoms. The normalized spacial score (nSPS) is 15.6. The lowest BCUT2D eigenvalue weighted by atomic mass is 10.1. The van der Waals surface area contributed by atoms with Gasteiger partial charge in [0.1, 0.15) is 0 Å². The highest BCUT2D eigenvalue weighted by Gasteiger charge is 2.19. The summed E-state index contributed by atoms with van der Waals surface area (Å²) in [5.74, 6) is 1.69. The van der Waals surface area contributed by atoms with Crippen LogP contribution in [0.15, 0.2) is 53.5 Å². The van der Waals surface area contributed by atoms with Crippen LogP contribution in [-0.4, -0.2) is 57.4 Å². The number of hydrogen-bond acceptors (Lipinski definition) is 5. The van der Waals surface area contributed by atoms with Gasteiger partial charge in [0, 0.05) is 44.5 Å². The van der Waals surface area contributed by atoms with Crippen LogP contribution in [0, 0.1) is 0 Å². The maximum Gasteiger partial charge on any atom is 0.193 e. The first-order valence-corrected chi connectivity index (χ1v) is 10.8. The molecule has 1 heterocycles. The molecule has 2 aromatic carbocycles. The summed E-state index contributed by atoms with van der Waals surface area (Å²) in [5, 5.41) is 3.08. The molecule has 3 N–H and O–H groups in total. The summed E-state index contributed by atoms with van der Waals surface area (Å²) < 4.78 is 16.6. The number of methoxy groups -OCH3 is 2. The first kappa shape index (κ1) is 22.9.